The number of carbonyl (C=O) groups is 1. The van der Waals surface area contributed by atoms with Crippen molar-refractivity contribution in [1.82, 2.24) is 4.90 Å². The monoisotopic (exact) mass is 233 g/mol. The molecule has 0 aliphatic carbocycles. The molecule has 0 N–H and O–H groups in total. The minimum Gasteiger partial charge on any atom is -0.403 e. The zero-order chi connectivity index (χ0) is 12.4. The van der Waals surface area contributed by atoms with Crippen LogP contribution in [0.3, 0.4) is 0 Å². The highest BCUT2D eigenvalue weighted by Gasteiger charge is 2.40. The molecule has 0 bridgehead atoms. The van der Waals surface area contributed by atoms with E-state index < -0.39 is 17.1 Å². The Morgan fingerprint density at radius 2 is 2.29 bits per heavy atom. The maximum atomic E-state index is 11.4. The first-order chi connectivity index (χ1) is 8.13. The van der Waals surface area contributed by atoms with Gasteiger partial charge in [-0.25, -0.2) is 4.79 Å². The van der Waals surface area contributed by atoms with Crippen molar-refractivity contribution in [3.63, 3.8) is 0 Å². The normalized spacial score (nSPS) is 17.1. The summed E-state index contributed by atoms with van der Waals surface area (Å²) >= 11 is 0. The smallest absolute Gasteiger partial charge is 0.403 e. The molecule has 1 amide bonds. The number of nitro groups is 1. The number of hydrogen-bond acceptors (Lipinski definition) is 5. The highest BCUT2D eigenvalue weighted by atomic mass is 16.6. The third kappa shape index (κ3) is 2.15. The second kappa shape index (κ2) is 4.09. The molecule has 1 unspecified atom stereocenters. The average molecular weight is 233 g/mol. The van der Waals surface area contributed by atoms with E-state index in [0.717, 1.165) is 0 Å². The van der Waals surface area contributed by atoms with Crippen molar-refractivity contribution in [2.45, 2.75) is 6.04 Å². The van der Waals surface area contributed by atoms with E-state index in [9.17, 15) is 14.9 Å². The fourth-order valence-corrected chi connectivity index (χ4v) is 1.30. The topological polar surface area (TPSA) is 96.2 Å². The molecule has 1 aromatic rings. The number of nitriles is 1. The van der Waals surface area contributed by atoms with Crippen LogP contribution in [-0.2, 0) is 0 Å². The first-order valence-corrected chi connectivity index (χ1v) is 4.75. The van der Waals surface area contributed by atoms with E-state index in [0.29, 0.717) is 6.54 Å². The van der Waals surface area contributed by atoms with Crippen LogP contribution in [0, 0.1) is 21.4 Å². The lowest BCUT2D eigenvalue weighted by Gasteiger charge is -2.04. The molecule has 0 saturated carbocycles. The quantitative estimate of drug-likeness (QED) is 0.435. The molecule has 1 fully saturated rings. The zero-order valence-corrected chi connectivity index (χ0v) is 8.57. The maximum absolute atomic E-state index is 11.4. The Kier molecular flexibility index (Phi) is 2.62. The summed E-state index contributed by atoms with van der Waals surface area (Å²) in [4.78, 5) is 22.7. The molecule has 7 heteroatoms. The van der Waals surface area contributed by atoms with Crippen molar-refractivity contribution in [2.75, 3.05) is 6.54 Å². The molecular weight excluding hydrogens is 226 g/mol. The third-order valence-electron chi connectivity index (χ3n) is 2.26. The Balaban J connectivity index is 2.12. The van der Waals surface area contributed by atoms with Gasteiger partial charge in [-0.1, -0.05) is 12.1 Å². The molecule has 0 spiro atoms. The van der Waals surface area contributed by atoms with Crippen molar-refractivity contribution in [3.8, 4) is 11.8 Å². The molecule has 86 valence electrons. The van der Waals surface area contributed by atoms with Crippen LogP contribution in [0.25, 0.3) is 0 Å². The highest BCUT2D eigenvalue weighted by Crippen LogP contribution is 2.28. The van der Waals surface area contributed by atoms with E-state index in [1.807, 2.05) is 6.07 Å². The molecule has 1 aromatic carbocycles. The van der Waals surface area contributed by atoms with E-state index in [1.54, 1.807) is 0 Å². The van der Waals surface area contributed by atoms with Crippen LogP contribution < -0.4 is 4.74 Å². The maximum Gasteiger partial charge on any atom is 0.416 e. The number of nitrogens with zero attached hydrogens (tertiary/aromatic N) is 3. The second-order valence-electron chi connectivity index (χ2n) is 3.39. The molecule has 1 heterocycles. The molecule has 2 rings (SSSR count). The SMILES string of the molecule is N#CC1CN1C(=O)Oc1ccccc1[N+](=O)[O-]. The van der Waals surface area contributed by atoms with E-state index >= 15 is 0 Å². The summed E-state index contributed by atoms with van der Waals surface area (Å²) in [7, 11) is 0. The molecule has 1 atom stereocenters. The van der Waals surface area contributed by atoms with Crippen LogP contribution in [0.1, 0.15) is 0 Å². The van der Waals surface area contributed by atoms with E-state index in [-0.39, 0.29) is 11.4 Å². The molecule has 1 aliphatic heterocycles. The van der Waals surface area contributed by atoms with Gasteiger partial charge in [0, 0.05) is 6.07 Å². The van der Waals surface area contributed by atoms with Crippen LogP contribution in [0.2, 0.25) is 0 Å². The Hall–Kier alpha value is -2.62. The molecule has 7 nitrogen and oxygen atoms in total. The number of hydrogen-bond donors (Lipinski definition) is 0. The van der Waals surface area contributed by atoms with Gasteiger partial charge in [0.25, 0.3) is 0 Å². The van der Waals surface area contributed by atoms with Gasteiger partial charge in [-0.15, -0.1) is 0 Å². The predicted molar refractivity (Wildman–Crippen MR) is 55.2 cm³/mol. The summed E-state index contributed by atoms with van der Waals surface area (Å²) < 4.78 is 4.86. The van der Waals surface area contributed by atoms with Gasteiger partial charge in [0.1, 0.15) is 6.04 Å². The average Bonchev–Trinajstić information content (AvgIpc) is 3.08. The van der Waals surface area contributed by atoms with E-state index in [2.05, 4.69) is 0 Å². The Morgan fingerprint density at radius 3 is 2.88 bits per heavy atom. The van der Waals surface area contributed by atoms with Crippen molar-refractivity contribution in [2.24, 2.45) is 0 Å². The molecule has 0 radical (unpaired) electrons. The zero-order valence-electron chi connectivity index (χ0n) is 8.57. The number of benzene rings is 1. The molecular formula is C10H7N3O4. The van der Waals surface area contributed by atoms with Crippen molar-refractivity contribution in [1.29, 1.82) is 5.26 Å². The Labute approximate surface area is 96.0 Å². The Bertz CT molecular complexity index is 523. The summed E-state index contributed by atoms with van der Waals surface area (Å²) in [6, 6.07) is 6.98. The minimum atomic E-state index is -0.745. The minimum absolute atomic E-state index is 0.119. The van der Waals surface area contributed by atoms with Gasteiger partial charge in [0.15, 0.2) is 0 Å². The van der Waals surface area contributed by atoms with Crippen LogP contribution in [0.15, 0.2) is 24.3 Å². The summed E-state index contributed by atoms with van der Waals surface area (Å²) in [6.45, 7) is 0.302. The number of nitro benzene ring substituents is 1. The first-order valence-electron chi connectivity index (χ1n) is 4.75. The summed E-state index contributed by atoms with van der Waals surface area (Å²) in [5, 5.41) is 19.2. The van der Waals surface area contributed by atoms with Crippen LogP contribution in [0.5, 0.6) is 5.75 Å². The molecule has 17 heavy (non-hydrogen) atoms. The van der Waals surface area contributed by atoms with Crippen LogP contribution >= 0.6 is 0 Å². The fraction of sp³-hybridized carbons (Fsp3) is 0.200. The number of amides is 1. The molecule has 1 aliphatic rings. The standard InChI is InChI=1S/C10H7N3O4/c11-5-7-6-12(7)10(14)17-9-4-2-1-3-8(9)13(15)16/h1-4,7H,6H2. The van der Waals surface area contributed by atoms with E-state index in [1.165, 1.54) is 29.2 Å². The Morgan fingerprint density at radius 1 is 1.59 bits per heavy atom. The van der Waals surface area contributed by atoms with Crippen LogP contribution in [0.4, 0.5) is 10.5 Å². The number of ether oxygens (including phenoxy) is 1. The lowest BCUT2D eigenvalue weighted by atomic mass is 10.3. The second-order valence-corrected chi connectivity index (χ2v) is 3.39. The third-order valence-corrected chi connectivity index (χ3v) is 2.26. The van der Waals surface area contributed by atoms with Crippen molar-refractivity contribution in [3.05, 3.63) is 34.4 Å². The summed E-state index contributed by atoms with van der Waals surface area (Å²) in [5.41, 5.74) is -0.281. The van der Waals surface area contributed by atoms with Crippen LogP contribution in [-0.4, -0.2) is 28.5 Å². The highest BCUT2D eigenvalue weighted by molar-refractivity contribution is 5.75. The largest absolute Gasteiger partial charge is 0.416 e. The van der Waals surface area contributed by atoms with Crippen molar-refractivity contribution >= 4 is 11.8 Å². The summed E-state index contributed by atoms with van der Waals surface area (Å²) in [5.74, 6) is -0.119. The van der Waals surface area contributed by atoms with Gasteiger partial charge in [0.2, 0.25) is 5.75 Å². The van der Waals surface area contributed by atoms with Gasteiger partial charge < -0.3 is 4.74 Å². The van der Waals surface area contributed by atoms with Gasteiger partial charge in [-0.2, -0.15) is 5.26 Å². The summed E-state index contributed by atoms with van der Waals surface area (Å²) in [6.07, 6.45) is -0.745. The molecule has 1 saturated heterocycles. The van der Waals surface area contributed by atoms with Gasteiger partial charge in [0.05, 0.1) is 17.5 Å². The van der Waals surface area contributed by atoms with Gasteiger partial charge in [-0.3, -0.25) is 15.0 Å². The first kappa shape index (κ1) is 10.9. The predicted octanol–water partition coefficient (Wildman–Crippen LogP) is 1.30. The van der Waals surface area contributed by atoms with E-state index in [4.69, 9.17) is 10.00 Å². The number of carbonyl (C=O) groups excluding carboxylic acids is 1. The number of para-hydroxylation sites is 2. The van der Waals surface area contributed by atoms with Gasteiger partial charge in [-0.05, 0) is 6.07 Å². The molecule has 0 aromatic heterocycles. The van der Waals surface area contributed by atoms with Crippen molar-refractivity contribution < 1.29 is 14.5 Å². The lowest BCUT2D eigenvalue weighted by Crippen LogP contribution is -2.18. The number of rotatable bonds is 2. The lowest BCUT2D eigenvalue weighted by molar-refractivity contribution is -0.385. The van der Waals surface area contributed by atoms with Gasteiger partial charge >= 0.3 is 11.8 Å². The fourth-order valence-electron chi connectivity index (χ4n) is 1.30.